The molecule has 0 aliphatic carbocycles. The van der Waals surface area contributed by atoms with E-state index in [0.29, 0.717) is 24.2 Å². The molecule has 39 heavy (non-hydrogen) atoms. The first-order chi connectivity index (χ1) is 18.8. The summed E-state index contributed by atoms with van der Waals surface area (Å²) in [7, 11) is 0. The van der Waals surface area contributed by atoms with E-state index >= 15 is 0 Å². The molecule has 0 saturated heterocycles. The summed E-state index contributed by atoms with van der Waals surface area (Å²) in [6.07, 6.45) is -0.00904. The van der Waals surface area contributed by atoms with E-state index in [1.807, 2.05) is 42.5 Å². The number of fused-ring (bicyclic) bond motifs is 2. The maximum atomic E-state index is 13.8. The average Bonchev–Trinajstić information content (AvgIpc) is 3.05. The molecule has 1 unspecified atom stereocenters. The van der Waals surface area contributed by atoms with E-state index in [-0.39, 0.29) is 18.9 Å². The molecule has 0 radical (unpaired) electrons. The van der Waals surface area contributed by atoms with Crippen molar-refractivity contribution in [3.05, 3.63) is 72.3 Å². The van der Waals surface area contributed by atoms with Gasteiger partial charge in [0.05, 0.1) is 30.4 Å². The summed E-state index contributed by atoms with van der Waals surface area (Å²) in [4.78, 5) is 64.8. The van der Waals surface area contributed by atoms with Crippen molar-refractivity contribution in [3.63, 3.8) is 0 Å². The van der Waals surface area contributed by atoms with Gasteiger partial charge in [0.2, 0.25) is 17.7 Å². The number of carbonyl (C=O) groups excluding carboxylic acids is 4. The average molecular weight is 531 g/mol. The fourth-order valence-corrected chi connectivity index (χ4v) is 4.64. The highest BCUT2D eigenvalue weighted by atomic mass is 16.4. The number of carboxylic acids is 1. The van der Waals surface area contributed by atoms with Crippen molar-refractivity contribution in [2.24, 2.45) is 0 Å². The number of hydrogen-bond acceptors (Lipinski definition) is 6. The van der Waals surface area contributed by atoms with Crippen LogP contribution in [0.3, 0.4) is 0 Å². The molecule has 0 aromatic heterocycles. The number of anilines is 2. The zero-order chi connectivity index (χ0) is 27.9. The van der Waals surface area contributed by atoms with Crippen LogP contribution in [0.15, 0.2) is 66.7 Å². The lowest BCUT2D eigenvalue weighted by atomic mass is 10.1. The van der Waals surface area contributed by atoms with Gasteiger partial charge in [-0.1, -0.05) is 55.5 Å². The summed E-state index contributed by atoms with van der Waals surface area (Å²) in [5.41, 5.74) is 1.80. The van der Waals surface area contributed by atoms with Crippen molar-refractivity contribution in [2.75, 3.05) is 22.9 Å². The highest BCUT2D eigenvalue weighted by Crippen LogP contribution is 2.33. The van der Waals surface area contributed by atoms with Gasteiger partial charge in [-0.2, -0.15) is 0 Å². The molecule has 3 amide bonds. The zero-order valence-corrected chi connectivity index (χ0v) is 21.5. The van der Waals surface area contributed by atoms with Crippen LogP contribution in [0.2, 0.25) is 0 Å². The zero-order valence-electron chi connectivity index (χ0n) is 21.5. The lowest BCUT2D eigenvalue weighted by Crippen LogP contribution is -2.53. The molecule has 0 saturated carbocycles. The Kier molecular flexibility index (Phi) is 8.67. The predicted octanol–water partition coefficient (Wildman–Crippen LogP) is 2.25. The summed E-state index contributed by atoms with van der Waals surface area (Å²) in [5, 5.41) is 16.8. The molecule has 202 valence electrons. The Hall–Kier alpha value is -4.57. The third-order valence-corrected chi connectivity index (χ3v) is 6.57. The maximum Gasteiger partial charge on any atom is 0.305 e. The molecule has 10 heteroatoms. The first-order valence-electron chi connectivity index (χ1n) is 12.7. The monoisotopic (exact) mass is 530 g/mol. The van der Waals surface area contributed by atoms with E-state index in [2.05, 4.69) is 10.6 Å². The lowest BCUT2D eigenvalue weighted by Gasteiger charge is -2.25. The molecule has 3 aromatic carbocycles. The minimum atomic E-state index is -1.24. The molecule has 0 bridgehead atoms. The molecule has 4 rings (SSSR count). The van der Waals surface area contributed by atoms with Crippen LogP contribution >= 0.6 is 0 Å². The fourth-order valence-electron chi connectivity index (χ4n) is 4.64. The minimum Gasteiger partial charge on any atom is -0.481 e. The predicted molar refractivity (Wildman–Crippen MR) is 146 cm³/mol. The first-order valence-corrected chi connectivity index (χ1v) is 12.7. The number of amides is 3. The standard InChI is InChI=1S/C29H30N4O6/c1-2-27(36)32-16-23(30-15-19-11-12-20-7-3-4-8-21(20)13-19)29(39)33(25-10-6-5-9-24(25)32)17-26(35)31-22(18-34)14-28(37)38/h3-13,18,22-23,30H,2,14-17H2,1H3,(H,31,35)(H,37,38)/t22?,23-/m0/s1. The number of aldehydes is 1. The largest absolute Gasteiger partial charge is 0.481 e. The number of aliphatic carboxylic acids is 1. The minimum absolute atomic E-state index is 0.0597. The van der Waals surface area contributed by atoms with Gasteiger partial charge in [-0.15, -0.1) is 0 Å². The second-order valence-corrected chi connectivity index (χ2v) is 9.29. The van der Waals surface area contributed by atoms with E-state index in [9.17, 15) is 24.0 Å². The van der Waals surface area contributed by atoms with Crippen molar-refractivity contribution >= 4 is 52.1 Å². The van der Waals surface area contributed by atoms with Crippen molar-refractivity contribution < 1.29 is 29.1 Å². The molecule has 1 aliphatic heterocycles. The van der Waals surface area contributed by atoms with Gasteiger partial charge in [0, 0.05) is 13.0 Å². The molecule has 0 spiro atoms. The highest BCUT2D eigenvalue weighted by Gasteiger charge is 2.36. The summed E-state index contributed by atoms with van der Waals surface area (Å²) in [6, 6.07) is 18.7. The van der Waals surface area contributed by atoms with Crippen LogP contribution in [0.5, 0.6) is 0 Å². The van der Waals surface area contributed by atoms with Gasteiger partial charge >= 0.3 is 5.97 Å². The molecule has 1 aliphatic rings. The Morgan fingerprint density at radius 2 is 1.72 bits per heavy atom. The number of para-hydroxylation sites is 2. The molecule has 0 fully saturated rings. The van der Waals surface area contributed by atoms with Crippen LogP contribution in [0.1, 0.15) is 25.3 Å². The molecule has 2 atom stereocenters. The van der Waals surface area contributed by atoms with Crippen LogP contribution in [-0.4, -0.2) is 60.3 Å². The third kappa shape index (κ3) is 6.47. The summed E-state index contributed by atoms with van der Waals surface area (Å²) in [5.74, 6) is -2.54. The summed E-state index contributed by atoms with van der Waals surface area (Å²) in [6.45, 7) is 1.69. The van der Waals surface area contributed by atoms with Gasteiger partial charge in [0.25, 0.3) is 0 Å². The van der Waals surface area contributed by atoms with Crippen molar-refractivity contribution in [1.29, 1.82) is 0 Å². The van der Waals surface area contributed by atoms with Gasteiger partial charge < -0.3 is 25.4 Å². The van der Waals surface area contributed by atoms with E-state index in [4.69, 9.17) is 5.11 Å². The smallest absolute Gasteiger partial charge is 0.305 e. The van der Waals surface area contributed by atoms with Gasteiger partial charge in [-0.05, 0) is 34.5 Å². The van der Waals surface area contributed by atoms with Crippen molar-refractivity contribution in [3.8, 4) is 0 Å². The highest BCUT2D eigenvalue weighted by molar-refractivity contribution is 6.09. The van der Waals surface area contributed by atoms with Crippen LogP contribution in [-0.2, 0) is 30.5 Å². The Balaban J connectivity index is 1.62. The second kappa shape index (κ2) is 12.3. The number of benzene rings is 3. The number of nitrogens with one attached hydrogen (secondary N) is 2. The SMILES string of the molecule is CCC(=O)N1C[C@H](NCc2ccc3ccccc3c2)C(=O)N(CC(=O)NC(C=O)CC(=O)O)c2ccccc21. The van der Waals surface area contributed by atoms with Crippen molar-refractivity contribution in [1.82, 2.24) is 10.6 Å². The second-order valence-electron chi connectivity index (χ2n) is 9.29. The van der Waals surface area contributed by atoms with Crippen LogP contribution in [0.4, 0.5) is 11.4 Å². The van der Waals surface area contributed by atoms with E-state index in [1.54, 1.807) is 36.1 Å². The maximum absolute atomic E-state index is 13.8. The van der Waals surface area contributed by atoms with Crippen molar-refractivity contribution in [2.45, 2.75) is 38.4 Å². The molecule has 1 heterocycles. The van der Waals surface area contributed by atoms with Crippen LogP contribution in [0, 0.1) is 0 Å². The molecule has 3 N–H and O–H groups in total. The number of carbonyl (C=O) groups is 5. The number of nitrogens with zero attached hydrogens (tertiary/aromatic N) is 2. The summed E-state index contributed by atoms with van der Waals surface area (Å²) >= 11 is 0. The lowest BCUT2D eigenvalue weighted by molar-refractivity contribution is -0.139. The molecular weight excluding hydrogens is 500 g/mol. The summed E-state index contributed by atoms with van der Waals surface area (Å²) < 4.78 is 0. The van der Waals surface area contributed by atoms with E-state index < -0.39 is 42.8 Å². The van der Waals surface area contributed by atoms with E-state index in [1.165, 1.54) is 4.90 Å². The number of carboxylic acid groups (broad SMARTS) is 1. The Morgan fingerprint density at radius 3 is 2.41 bits per heavy atom. The normalized spacial score (nSPS) is 15.8. The van der Waals surface area contributed by atoms with E-state index in [0.717, 1.165) is 16.3 Å². The Morgan fingerprint density at radius 1 is 1.03 bits per heavy atom. The quantitative estimate of drug-likeness (QED) is 0.342. The van der Waals surface area contributed by atoms with Gasteiger partial charge in [-0.3, -0.25) is 24.1 Å². The van der Waals surface area contributed by atoms with Gasteiger partial charge in [0.15, 0.2) is 0 Å². The Labute approximate surface area is 225 Å². The van der Waals surface area contributed by atoms with Gasteiger partial charge in [0.1, 0.15) is 18.9 Å². The van der Waals surface area contributed by atoms with Crippen LogP contribution < -0.4 is 20.4 Å². The molecule has 3 aromatic rings. The number of hydrogen-bond donors (Lipinski definition) is 3. The fraction of sp³-hybridized carbons (Fsp3) is 0.276. The van der Waals surface area contributed by atoms with Crippen LogP contribution in [0.25, 0.3) is 10.8 Å². The first kappa shape index (κ1) is 27.5. The topological polar surface area (TPSA) is 136 Å². The van der Waals surface area contributed by atoms with Gasteiger partial charge in [-0.25, -0.2) is 0 Å². The molecule has 10 nitrogen and oxygen atoms in total. The third-order valence-electron chi connectivity index (χ3n) is 6.57. The molecular formula is C29H30N4O6. The number of rotatable bonds is 10. The Bertz CT molecular complexity index is 1410.